The molecule has 0 saturated carbocycles. The molecule has 0 radical (unpaired) electrons. The number of benzene rings is 1. The summed E-state index contributed by atoms with van der Waals surface area (Å²) in [6, 6.07) is 7.16. The normalized spacial score (nSPS) is 13.2. The first-order valence-electron chi connectivity index (χ1n) is 7.31. The van der Waals surface area contributed by atoms with E-state index in [2.05, 4.69) is 33.0 Å². The number of nitrogens with one attached hydrogen (secondary N) is 1. The molecule has 1 aromatic carbocycles. The highest BCUT2D eigenvalue weighted by Crippen LogP contribution is 2.24. The van der Waals surface area contributed by atoms with Crippen molar-refractivity contribution in [2.75, 3.05) is 6.54 Å². The van der Waals surface area contributed by atoms with Crippen LogP contribution in [0.1, 0.15) is 58.6 Å². The van der Waals surface area contributed by atoms with Crippen LogP contribution >= 0.6 is 0 Å². The summed E-state index contributed by atoms with van der Waals surface area (Å²) >= 11 is 0. The molecule has 0 aliphatic carbocycles. The van der Waals surface area contributed by atoms with Crippen molar-refractivity contribution in [1.29, 1.82) is 0 Å². The standard InChI is InChI=1S/C16H26N2O2/c1-5-7-15(17-11-10-16(2,3)4)13-8-6-9-14(12-13)18(19)20/h6,8-9,12,15,17H,5,7,10-11H2,1-4H3. The zero-order valence-electron chi connectivity index (χ0n) is 13.0. The molecule has 20 heavy (non-hydrogen) atoms. The Morgan fingerprint density at radius 1 is 1.35 bits per heavy atom. The monoisotopic (exact) mass is 278 g/mol. The van der Waals surface area contributed by atoms with Gasteiger partial charge >= 0.3 is 0 Å². The van der Waals surface area contributed by atoms with Crippen molar-refractivity contribution in [3.05, 3.63) is 39.9 Å². The lowest BCUT2D eigenvalue weighted by Gasteiger charge is -2.23. The largest absolute Gasteiger partial charge is 0.310 e. The fourth-order valence-electron chi connectivity index (χ4n) is 2.15. The molecular weight excluding hydrogens is 252 g/mol. The Labute approximate surface area is 121 Å². The van der Waals surface area contributed by atoms with Gasteiger partial charge < -0.3 is 5.32 Å². The number of non-ortho nitro benzene ring substituents is 1. The van der Waals surface area contributed by atoms with Gasteiger partial charge in [0.15, 0.2) is 0 Å². The van der Waals surface area contributed by atoms with Gasteiger partial charge in [0.05, 0.1) is 4.92 Å². The van der Waals surface area contributed by atoms with Gasteiger partial charge in [0.25, 0.3) is 5.69 Å². The van der Waals surface area contributed by atoms with E-state index >= 15 is 0 Å². The Morgan fingerprint density at radius 2 is 2.05 bits per heavy atom. The van der Waals surface area contributed by atoms with Crippen molar-refractivity contribution in [2.24, 2.45) is 5.41 Å². The maximum Gasteiger partial charge on any atom is 0.269 e. The van der Waals surface area contributed by atoms with Crippen LogP contribution in [0, 0.1) is 15.5 Å². The van der Waals surface area contributed by atoms with E-state index in [0.717, 1.165) is 31.4 Å². The highest BCUT2D eigenvalue weighted by Gasteiger charge is 2.15. The van der Waals surface area contributed by atoms with Crippen LogP contribution < -0.4 is 5.32 Å². The average molecular weight is 278 g/mol. The number of nitro benzene ring substituents is 1. The van der Waals surface area contributed by atoms with Crippen LogP contribution in [0.2, 0.25) is 0 Å². The average Bonchev–Trinajstić information content (AvgIpc) is 2.36. The van der Waals surface area contributed by atoms with Gasteiger partial charge in [-0.2, -0.15) is 0 Å². The number of nitrogens with zero attached hydrogens (tertiary/aromatic N) is 1. The molecular formula is C16H26N2O2. The summed E-state index contributed by atoms with van der Waals surface area (Å²) in [6.45, 7) is 9.72. The molecule has 4 nitrogen and oxygen atoms in total. The SMILES string of the molecule is CCCC(NCCC(C)(C)C)c1cccc([N+](=O)[O-])c1. The zero-order chi connectivity index (χ0) is 15.2. The Morgan fingerprint density at radius 3 is 2.60 bits per heavy atom. The van der Waals surface area contributed by atoms with Crippen LogP contribution in [0.3, 0.4) is 0 Å². The first-order valence-corrected chi connectivity index (χ1v) is 7.31. The van der Waals surface area contributed by atoms with Gasteiger partial charge in [0.2, 0.25) is 0 Å². The lowest BCUT2D eigenvalue weighted by Crippen LogP contribution is -2.25. The fourth-order valence-corrected chi connectivity index (χ4v) is 2.15. The smallest absolute Gasteiger partial charge is 0.269 e. The molecule has 1 atom stereocenters. The second-order valence-corrected chi connectivity index (χ2v) is 6.46. The number of nitro groups is 1. The molecule has 1 rings (SSSR count). The minimum absolute atomic E-state index is 0.168. The predicted octanol–water partition coefficient (Wildman–Crippen LogP) is 4.46. The van der Waals surface area contributed by atoms with E-state index in [1.54, 1.807) is 18.2 Å². The molecule has 1 unspecified atom stereocenters. The van der Waals surface area contributed by atoms with Crippen LogP contribution in [0.5, 0.6) is 0 Å². The topological polar surface area (TPSA) is 55.2 Å². The molecule has 0 saturated heterocycles. The van der Waals surface area contributed by atoms with E-state index in [9.17, 15) is 10.1 Å². The molecule has 1 aromatic rings. The molecule has 0 spiro atoms. The van der Waals surface area contributed by atoms with Crippen molar-refractivity contribution in [1.82, 2.24) is 5.32 Å². The van der Waals surface area contributed by atoms with Crippen molar-refractivity contribution in [2.45, 2.75) is 53.0 Å². The van der Waals surface area contributed by atoms with Gasteiger partial charge in [0.1, 0.15) is 0 Å². The van der Waals surface area contributed by atoms with E-state index in [0.29, 0.717) is 5.41 Å². The van der Waals surface area contributed by atoms with Crippen LogP contribution in [-0.2, 0) is 0 Å². The van der Waals surface area contributed by atoms with Crippen molar-refractivity contribution >= 4 is 5.69 Å². The maximum absolute atomic E-state index is 10.9. The number of rotatable bonds is 7. The van der Waals surface area contributed by atoms with E-state index in [1.165, 1.54) is 0 Å². The van der Waals surface area contributed by atoms with Crippen LogP contribution in [0.25, 0.3) is 0 Å². The number of hydrogen-bond acceptors (Lipinski definition) is 3. The van der Waals surface area contributed by atoms with Gasteiger partial charge in [-0.3, -0.25) is 10.1 Å². The third kappa shape index (κ3) is 5.70. The fraction of sp³-hybridized carbons (Fsp3) is 0.625. The Hall–Kier alpha value is -1.42. The van der Waals surface area contributed by atoms with Crippen molar-refractivity contribution in [3.63, 3.8) is 0 Å². The van der Waals surface area contributed by atoms with E-state index in [4.69, 9.17) is 0 Å². The van der Waals surface area contributed by atoms with Crippen LogP contribution in [0.15, 0.2) is 24.3 Å². The van der Waals surface area contributed by atoms with Crippen LogP contribution in [-0.4, -0.2) is 11.5 Å². The Bertz CT molecular complexity index is 438. The molecule has 0 amide bonds. The minimum Gasteiger partial charge on any atom is -0.310 e. The van der Waals surface area contributed by atoms with Gasteiger partial charge in [0, 0.05) is 18.2 Å². The summed E-state index contributed by atoms with van der Waals surface area (Å²) in [6.07, 6.45) is 3.13. The molecule has 0 aliphatic heterocycles. The third-order valence-corrected chi connectivity index (χ3v) is 3.33. The van der Waals surface area contributed by atoms with Gasteiger partial charge in [-0.1, -0.05) is 46.2 Å². The summed E-state index contributed by atoms with van der Waals surface area (Å²) in [5.74, 6) is 0. The van der Waals surface area contributed by atoms with E-state index < -0.39 is 0 Å². The quantitative estimate of drug-likeness (QED) is 0.591. The Balaban J connectivity index is 2.74. The molecule has 0 bridgehead atoms. The molecule has 4 heteroatoms. The van der Waals surface area contributed by atoms with Crippen molar-refractivity contribution < 1.29 is 4.92 Å². The first-order chi connectivity index (χ1) is 9.33. The minimum atomic E-state index is -0.332. The lowest BCUT2D eigenvalue weighted by molar-refractivity contribution is -0.384. The van der Waals surface area contributed by atoms with Gasteiger partial charge in [-0.25, -0.2) is 0 Å². The maximum atomic E-state index is 10.9. The first kappa shape index (κ1) is 16.6. The highest BCUT2D eigenvalue weighted by atomic mass is 16.6. The second kappa shape index (κ2) is 7.39. The summed E-state index contributed by atoms with van der Waals surface area (Å²) in [5, 5.41) is 14.4. The number of hydrogen-bond donors (Lipinski definition) is 1. The van der Waals surface area contributed by atoms with Crippen LogP contribution in [0.4, 0.5) is 5.69 Å². The Kier molecular flexibility index (Phi) is 6.14. The van der Waals surface area contributed by atoms with E-state index in [-0.39, 0.29) is 16.7 Å². The molecule has 0 aromatic heterocycles. The summed E-state index contributed by atoms with van der Waals surface area (Å²) in [4.78, 5) is 10.5. The zero-order valence-corrected chi connectivity index (χ0v) is 13.0. The lowest BCUT2D eigenvalue weighted by atomic mass is 9.92. The summed E-state index contributed by atoms with van der Waals surface area (Å²) in [7, 11) is 0. The second-order valence-electron chi connectivity index (χ2n) is 6.46. The van der Waals surface area contributed by atoms with E-state index in [1.807, 2.05) is 6.07 Å². The summed E-state index contributed by atoms with van der Waals surface area (Å²) < 4.78 is 0. The molecule has 1 N–H and O–H groups in total. The summed E-state index contributed by atoms with van der Waals surface area (Å²) in [5.41, 5.74) is 1.48. The predicted molar refractivity (Wildman–Crippen MR) is 82.8 cm³/mol. The highest BCUT2D eigenvalue weighted by molar-refractivity contribution is 5.35. The third-order valence-electron chi connectivity index (χ3n) is 3.33. The molecule has 0 aliphatic rings. The molecule has 112 valence electrons. The van der Waals surface area contributed by atoms with Gasteiger partial charge in [-0.05, 0) is 30.4 Å². The van der Waals surface area contributed by atoms with Gasteiger partial charge in [-0.15, -0.1) is 0 Å². The van der Waals surface area contributed by atoms with Crippen molar-refractivity contribution in [3.8, 4) is 0 Å². The molecule has 0 fully saturated rings. The molecule has 0 heterocycles.